The Morgan fingerprint density at radius 2 is 2.16 bits per heavy atom. The van der Waals surface area contributed by atoms with Crippen LogP contribution in [0.25, 0.3) is 0 Å². The van der Waals surface area contributed by atoms with Crippen LogP contribution >= 0.6 is 0 Å². The number of aryl methyl sites for hydroxylation is 1. The molecule has 1 fully saturated rings. The molecule has 2 atom stereocenters. The Kier molecular flexibility index (Phi) is 4.46. The zero-order chi connectivity index (χ0) is 14.0. The van der Waals surface area contributed by atoms with Crippen LogP contribution in [0.5, 0.6) is 0 Å². The van der Waals surface area contributed by atoms with Gasteiger partial charge in [0.25, 0.3) is 0 Å². The molecule has 2 rings (SSSR count). The van der Waals surface area contributed by atoms with Crippen molar-refractivity contribution in [2.24, 2.45) is 5.92 Å². The van der Waals surface area contributed by atoms with Crippen molar-refractivity contribution in [2.75, 3.05) is 18.0 Å². The van der Waals surface area contributed by atoms with E-state index in [1.807, 2.05) is 19.1 Å². The molecule has 3 heteroatoms. The van der Waals surface area contributed by atoms with Crippen LogP contribution in [0.3, 0.4) is 0 Å². The van der Waals surface area contributed by atoms with Crippen LogP contribution in [0, 0.1) is 18.7 Å². The second-order valence-electron chi connectivity index (χ2n) is 5.91. The summed E-state index contributed by atoms with van der Waals surface area (Å²) in [5.74, 6) is 0.461. The van der Waals surface area contributed by atoms with E-state index in [4.69, 9.17) is 0 Å². The van der Waals surface area contributed by atoms with Crippen molar-refractivity contribution in [1.82, 2.24) is 5.32 Å². The highest BCUT2D eigenvalue weighted by molar-refractivity contribution is 5.50. The molecule has 1 aliphatic heterocycles. The van der Waals surface area contributed by atoms with Crippen LogP contribution < -0.4 is 10.2 Å². The van der Waals surface area contributed by atoms with Gasteiger partial charge in [-0.1, -0.05) is 20.8 Å². The van der Waals surface area contributed by atoms with E-state index in [-0.39, 0.29) is 5.82 Å². The number of anilines is 1. The molecule has 2 nitrogen and oxygen atoms in total. The number of hydrogen-bond acceptors (Lipinski definition) is 2. The Morgan fingerprint density at radius 3 is 2.74 bits per heavy atom. The van der Waals surface area contributed by atoms with Crippen molar-refractivity contribution in [2.45, 2.75) is 46.2 Å². The average molecular weight is 264 g/mol. The van der Waals surface area contributed by atoms with Gasteiger partial charge in [0.05, 0.1) is 0 Å². The number of benzene rings is 1. The molecule has 0 amide bonds. The lowest BCUT2D eigenvalue weighted by molar-refractivity contribution is 0.333. The summed E-state index contributed by atoms with van der Waals surface area (Å²) >= 11 is 0. The number of rotatable bonds is 3. The van der Waals surface area contributed by atoms with Crippen LogP contribution in [0.1, 0.15) is 32.8 Å². The van der Waals surface area contributed by atoms with Crippen molar-refractivity contribution in [3.63, 3.8) is 0 Å². The molecular formula is C16H25FN2. The van der Waals surface area contributed by atoms with Gasteiger partial charge in [0.2, 0.25) is 0 Å². The zero-order valence-electron chi connectivity index (χ0n) is 12.4. The fraction of sp³-hybridized carbons (Fsp3) is 0.625. The van der Waals surface area contributed by atoms with E-state index in [0.29, 0.717) is 18.0 Å². The predicted octanol–water partition coefficient (Wildman–Crippen LogP) is 3.35. The molecule has 1 saturated heterocycles. The Bertz CT molecular complexity index is 431. The zero-order valence-corrected chi connectivity index (χ0v) is 12.4. The minimum Gasteiger partial charge on any atom is -0.365 e. The molecule has 0 radical (unpaired) electrons. The molecule has 2 unspecified atom stereocenters. The Morgan fingerprint density at radius 1 is 1.42 bits per heavy atom. The van der Waals surface area contributed by atoms with Gasteiger partial charge >= 0.3 is 0 Å². The van der Waals surface area contributed by atoms with Crippen LogP contribution in [0.2, 0.25) is 0 Å². The van der Waals surface area contributed by atoms with Crippen molar-refractivity contribution < 1.29 is 4.39 Å². The highest BCUT2D eigenvalue weighted by Gasteiger charge is 2.29. The number of nitrogens with one attached hydrogen (secondary N) is 1. The second kappa shape index (κ2) is 5.91. The molecule has 1 aliphatic rings. The van der Waals surface area contributed by atoms with E-state index in [0.717, 1.165) is 30.8 Å². The first-order valence-corrected chi connectivity index (χ1v) is 7.29. The highest BCUT2D eigenvalue weighted by atomic mass is 19.1. The summed E-state index contributed by atoms with van der Waals surface area (Å²) in [6.07, 6.45) is 1.13. The molecule has 0 spiro atoms. The summed E-state index contributed by atoms with van der Waals surface area (Å²) in [6, 6.07) is 6.48. The average Bonchev–Trinajstić information content (AvgIpc) is 2.41. The molecule has 0 aliphatic carbocycles. The normalized spacial score (nSPS) is 24.0. The molecule has 1 heterocycles. The van der Waals surface area contributed by atoms with Crippen LogP contribution in [-0.2, 0) is 0 Å². The van der Waals surface area contributed by atoms with Gasteiger partial charge in [-0.05, 0) is 43.0 Å². The third kappa shape index (κ3) is 3.08. The fourth-order valence-electron chi connectivity index (χ4n) is 2.81. The molecule has 1 N–H and O–H groups in total. The minimum absolute atomic E-state index is 0.118. The maximum Gasteiger partial charge on any atom is 0.126 e. The minimum atomic E-state index is -0.118. The third-order valence-electron chi connectivity index (χ3n) is 4.17. The SMILES string of the molecule is CCC1CN(c2ccc(F)c(C)c2)C(C(C)C)CN1. The predicted molar refractivity (Wildman–Crippen MR) is 79.2 cm³/mol. The summed E-state index contributed by atoms with van der Waals surface area (Å²) in [5.41, 5.74) is 1.88. The molecular weight excluding hydrogens is 239 g/mol. The van der Waals surface area contributed by atoms with E-state index in [1.165, 1.54) is 0 Å². The first-order chi connectivity index (χ1) is 9.02. The second-order valence-corrected chi connectivity index (χ2v) is 5.91. The van der Waals surface area contributed by atoms with E-state index < -0.39 is 0 Å². The standard InChI is InChI=1S/C16H25FN2/c1-5-13-10-19(16(9-18-13)11(2)3)14-6-7-15(17)12(4)8-14/h6-8,11,13,16,18H,5,9-10H2,1-4H3. The van der Waals surface area contributed by atoms with E-state index in [2.05, 4.69) is 31.0 Å². The summed E-state index contributed by atoms with van der Waals surface area (Å²) in [7, 11) is 0. The molecule has 1 aromatic rings. The monoisotopic (exact) mass is 264 g/mol. The first-order valence-electron chi connectivity index (χ1n) is 7.29. The van der Waals surface area contributed by atoms with Crippen LogP contribution in [-0.4, -0.2) is 25.2 Å². The number of nitrogens with zero attached hydrogens (tertiary/aromatic N) is 1. The van der Waals surface area contributed by atoms with Gasteiger partial charge in [-0.15, -0.1) is 0 Å². The Hall–Kier alpha value is -1.09. The van der Waals surface area contributed by atoms with E-state index in [9.17, 15) is 4.39 Å². The van der Waals surface area contributed by atoms with Gasteiger partial charge < -0.3 is 10.2 Å². The number of halogens is 1. The lowest BCUT2D eigenvalue weighted by atomic mass is 9.96. The highest BCUT2D eigenvalue weighted by Crippen LogP contribution is 2.26. The van der Waals surface area contributed by atoms with Crippen molar-refractivity contribution in [1.29, 1.82) is 0 Å². The van der Waals surface area contributed by atoms with Gasteiger partial charge in [0, 0.05) is 30.9 Å². The maximum atomic E-state index is 13.4. The Balaban J connectivity index is 2.27. The van der Waals surface area contributed by atoms with Gasteiger partial charge in [0.1, 0.15) is 5.82 Å². The lowest BCUT2D eigenvalue weighted by Crippen LogP contribution is -2.58. The lowest BCUT2D eigenvalue weighted by Gasteiger charge is -2.44. The van der Waals surface area contributed by atoms with Gasteiger partial charge in [-0.25, -0.2) is 4.39 Å². The fourth-order valence-corrected chi connectivity index (χ4v) is 2.81. The van der Waals surface area contributed by atoms with Crippen LogP contribution in [0.15, 0.2) is 18.2 Å². The largest absolute Gasteiger partial charge is 0.365 e. The van der Waals surface area contributed by atoms with E-state index >= 15 is 0 Å². The Labute approximate surface area is 116 Å². The van der Waals surface area contributed by atoms with Crippen molar-refractivity contribution >= 4 is 5.69 Å². The summed E-state index contributed by atoms with van der Waals surface area (Å²) in [6.45, 7) is 10.6. The number of piperazine rings is 1. The first kappa shape index (κ1) is 14.3. The molecule has 1 aromatic carbocycles. The van der Waals surface area contributed by atoms with Gasteiger partial charge in [-0.3, -0.25) is 0 Å². The molecule has 0 bridgehead atoms. The molecule has 0 saturated carbocycles. The smallest absolute Gasteiger partial charge is 0.126 e. The quantitative estimate of drug-likeness (QED) is 0.900. The van der Waals surface area contributed by atoms with Crippen LogP contribution in [0.4, 0.5) is 10.1 Å². The maximum absolute atomic E-state index is 13.4. The molecule has 0 aromatic heterocycles. The van der Waals surface area contributed by atoms with Crippen molar-refractivity contribution in [3.8, 4) is 0 Å². The third-order valence-corrected chi connectivity index (χ3v) is 4.17. The topological polar surface area (TPSA) is 15.3 Å². The summed E-state index contributed by atoms with van der Waals surface area (Å²) in [4.78, 5) is 2.45. The van der Waals surface area contributed by atoms with Crippen molar-refractivity contribution in [3.05, 3.63) is 29.6 Å². The molecule has 19 heavy (non-hydrogen) atoms. The van der Waals surface area contributed by atoms with E-state index in [1.54, 1.807) is 6.07 Å². The van der Waals surface area contributed by atoms with Gasteiger partial charge in [-0.2, -0.15) is 0 Å². The summed E-state index contributed by atoms with van der Waals surface area (Å²) < 4.78 is 13.4. The van der Waals surface area contributed by atoms with Gasteiger partial charge in [0.15, 0.2) is 0 Å². The molecule has 106 valence electrons. The number of hydrogen-bond donors (Lipinski definition) is 1. The summed E-state index contributed by atoms with van der Waals surface area (Å²) in [5, 5.41) is 3.61.